The summed E-state index contributed by atoms with van der Waals surface area (Å²) >= 11 is 0. The number of urea groups is 1. The Labute approximate surface area is 130 Å². The number of amides is 2. The molecular formula is C15H24N4O3. The Morgan fingerprint density at radius 1 is 1.36 bits per heavy atom. The quantitative estimate of drug-likeness (QED) is 0.866. The lowest BCUT2D eigenvalue weighted by Crippen LogP contribution is -2.68. The van der Waals surface area contributed by atoms with Gasteiger partial charge in [0.1, 0.15) is 12.1 Å². The minimum absolute atomic E-state index is 0.0535. The highest BCUT2D eigenvalue weighted by molar-refractivity contribution is 5.88. The predicted octanol–water partition coefficient (Wildman–Crippen LogP) is 1.80. The van der Waals surface area contributed by atoms with Crippen LogP contribution >= 0.6 is 0 Å². The maximum Gasteiger partial charge on any atom is 0.320 e. The summed E-state index contributed by atoms with van der Waals surface area (Å²) in [5.41, 5.74) is 0.614. The average Bonchev–Trinajstić information content (AvgIpc) is 2.46. The first-order chi connectivity index (χ1) is 10.4. The topological polar surface area (TPSA) is 85.4 Å². The van der Waals surface area contributed by atoms with Gasteiger partial charge in [-0.2, -0.15) is 0 Å². The third-order valence-electron chi connectivity index (χ3n) is 4.34. The molecule has 122 valence electrons. The molecule has 7 nitrogen and oxygen atoms in total. The average molecular weight is 308 g/mol. The molecule has 0 aromatic carbocycles. The van der Waals surface area contributed by atoms with Gasteiger partial charge in [-0.25, -0.2) is 14.8 Å². The van der Waals surface area contributed by atoms with Gasteiger partial charge in [0, 0.05) is 37.7 Å². The van der Waals surface area contributed by atoms with Gasteiger partial charge in [-0.15, -0.1) is 0 Å². The number of nitrogens with zero attached hydrogens (tertiary/aromatic N) is 2. The Morgan fingerprint density at radius 2 is 2.09 bits per heavy atom. The molecule has 3 atom stereocenters. The van der Waals surface area contributed by atoms with Crippen LogP contribution < -0.4 is 10.6 Å². The fraction of sp³-hybridized carbons (Fsp3) is 0.667. The van der Waals surface area contributed by atoms with Crippen LogP contribution in [0.3, 0.4) is 0 Å². The van der Waals surface area contributed by atoms with Gasteiger partial charge in [0.25, 0.3) is 0 Å². The van der Waals surface area contributed by atoms with Gasteiger partial charge in [0.15, 0.2) is 0 Å². The molecule has 7 heteroatoms. The van der Waals surface area contributed by atoms with E-state index in [0.717, 1.165) is 0 Å². The monoisotopic (exact) mass is 308 g/mol. The van der Waals surface area contributed by atoms with Crippen molar-refractivity contribution in [2.24, 2.45) is 11.3 Å². The van der Waals surface area contributed by atoms with Gasteiger partial charge in [0.05, 0.1) is 18.4 Å². The Balaban J connectivity index is 1.95. The second-order valence-electron chi connectivity index (χ2n) is 6.24. The van der Waals surface area contributed by atoms with Gasteiger partial charge >= 0.3 is 6.03 Å². The van der Waals surface area contributed by atoms with Crippen molar-refractivity contribution in [2.75, 3.05) is 19.5 Å². The van der Waals surface area contributed by atoms with Gasteiger partial charge in [-0.05, 0) is 0 Å². The highest BCUT2D eigenvalue weighted by atomic mass is 16.5. The van der Waals surface area contributed by atoms with Crippen LogP contribution in [0.1, 0.15) is 26.5 Å². The van der Waals surface area contributed by atoms with Crippen molar-refractivity contribution in [3.05, 3.63) is 18.1 Å². The zero-order valence-electron chi connectivity index (χ0n) is 13.7. The molecule has 2 N–H and O–H groups in total. The number of nitrogens with one attached hydrogen (secondary N) is 2. The summed E-state index contributed by atoms with van der Waals surface area (Å²) < 4.78 is 10.5. The van der Waals surface area contributed by atoms with Gasteiger partial charge in [-0.3, -0.25) is 5.32 Å². The summed E-state index contributed by atoms with van der Waals surface area (Å²) in [6.07, 6.45) is 1.55. The zero-order valence-corrected chi connectivity index (χ0v) is 13.7. The fourth-order valence-electron chi connectivity index (χ4n) is 3.41. The van der Waals surface area contributed by atoms with E-state index >= 15 is 0 Å². The molecule has 3 unspecified atom stereocenters. The van der Waals surface area contributed by atoms with Crippen molar-refractivity contribution in [1.82, 2.24) is 15.3 Å². The summed E-state index contributed by atoms with van der Waals surface area (Å²) in [7, 11) is 3.30. The van der Waals surface area contributed by atoms with Crippen LogP contribution in [0.15, 0.2) is 12.4 Å². The third kappa shape index (κ3) is 3.20. The second kappa shape index (κ2) is 6.58. The number of carbonyl (C=O) groups is 1. The van der Waals surface area contributed by atoms with E-state index in [9.17, 15) is 4.79 Å². The lowest BCUT2D eigenvalue weighted by atomic mass is 9.58. The number of rotatable bonds is 5. The van der Waals surface area contributed by atoms with E-state index in [1.165, 1.54) is 6.33 Å². The molecule has 2 rings (SSSR count). The zero-order chi connectivity index (χ0) is 16.3. The molecule has 0 bridgehead atoms. The van der Waals surface area contributed by atoms with E-state index in [2.05, 4.69) is 41.4 Å². The van der Waals surface area contributed by atoms with Crippen molar-refractivity contribution in [3.8, 4) is 0 Å². The number of hydrogen-bond donors (Lipinski definition) is 2. The molecular weight excluding hydrogens is 284 g/mol. The van der Waals surface area contributed by atoms with Gasteiger partial charge < -0.3 is 14.8 Å². The normalized spacial score (nSPS) is 26.1. The van der Waals surface area contributed by atoms with Crippen molar-refractivity contribution < 1.29 is 14.3 Å². The second-order valence-corrected chi connectivity index (χ2v) is 6.24. The number of hydrogen-bond acceptors (Lipinski definition) is 5. The first kappa shape index (κ1) is 16.6. The summed E-state index contributed by atoms with van der Waals surface area (Å²) in [6, 6.07) is 1.47. The standard InChI is InChI=1S/C15H24N4O3/c1-9-12(15(2,3)13(9)22-5)19-14(20)18-11-6-10(7-21-4)16-8-17-11/h6,8-9,12-13H,7H2,1-5H3,(H2,16,17,18,19,20). The molecule has 1 saturated carbocycles. The van der Waals surface area contributed by atoms with E-state index in [4.69, 9.17) is 9.47 Å². The van der Waals surface area contributed by atoms with E-state index in [0.29, 0.717) is 18.1 Å². The fourth-order valence-corrected chi connectivity index (χ4v) is 3.41. The minimum Gasteiger partial charge on any atom is -0.380 e. The van der Waals surface area contributed by atoms with E-state index in [1.807, 2.05) is 0 Å². The summed E-state index contributed by atoms with van der Waals surface area (Å²) in [6.45, 7) is 6.63. The smallest absolute Gasteiger partial charge is 0.320 e. The molecule has 0 spiro atoms. The van der Waals surface area contributed by atoms with Crippen LogP contribution in [0.2, 0.25) is 0 Å². The first-order valence-corrected chi connectivity index (χ1v) is 7.30. The molecule has 2 amide bonds. The number of aromatic nitrogens is 2. The van der Waals surface area contributed by atoms with E-state index < -0.39 is 0 Å². The summed E-state index contributed by atoms with van der Waals surface area (Å²) in [4.78, 5) is 20.3. The SMILES string of the molecule is COCc1cc(NC(=O)NC2C(C)C(OC)C2(C)C)ncn1. The van der Waals surface area contributed by atoms with Crippen LogP contribution in [0, 0.1) is 11.3 Å². The maximum absolute atomic E-state index is 12.2. The van der Waals surface area contributed by atoms with Crippen molar-refractivity contribution in [1.29, 1.82) is 0 Å². The summed E-state index contributed by atoms with van der Waals surface area (Å²) in [5, 5.41) is 5.73. The molecule has 1 aromatic rings. The number of carbonyl (C=O) groups excluding carboxylic acids is 1. The molecule has 0 aliphatic heterocycles. The molecule has 1 aliphatic rings. The van der Waals surface area contributed by atoms with Crippen LogP contribution in [-0.2, 0) is 16.1 Å². The van der Waals surface area contributed by atoms with E-state index in [1.54, 1.807) is 20.3 Å². The molecule has 22 heavy (non-hydrogen) atoms. The van der Waals surface area contributed by atoms with Gasteiger partial charge in [-0.1, -0.05) is 20.8 Å². The molecule has 1 aliphatic carbocycles. The largest absolute Gasteiger partial charge is 0.380 e. The Morgan fingerprint density at radius 3 is 2.68 bits per heavy atom. The van der Waals surface area contributed by atoms with Crippen molar-refractivity contribution >= 4 is 11.8 Å². The number of anilines is 1. The van der Waals surface area contributed by atoms with Gasteiger partial charge in [0.2, 0.25) is 0 Å². The molecule has 1 fully saturated rings. The number of methoxy groups -OCH3 is 2. The Hall–Kier alpha value is -1.73. The highest BCUT2D eigenvalue weighted by Crippen LogP contribution is 2.46. The third-order valence-corrected chi connectivity index (χ3v) is 4.34. The summed E-state index contributed by atoms with van der Waals surface area (Å²) in [5.74, 6) is 0.716. The molecule has 1 heterocycles. The van der Waals surface area contributed by atoms with Crippen LogP contribution in [0.4, 0.5) is 10.6 Å². The van der Waals surface area contributed by atoms with E-state index in [-0.39, 0.29) is 29.5 Å². The minimum atomic E-state index is -0.276. The van der Waals surface area contributed by atoms with Crippen LogP contribution in [-0.4, -0.2) is 42.4 Å². The lowest BCUT2D eigenvalue weighted by Gasteiger charge is -2.56. The first-order valence-electron chi connectivity index (χ1n) is 7.30. The predicted molar refractivity (Wildman–Crippen MR) is 82.4 cm³/mol. The van der Waals surface area contributed by atoms with Crippen molar-refractivity contribution in [3.63, 3.8) is 0 Å². The Kier molecular flexibility index (Phi) is 4.97. The molecule has 0 saturated heterocycles. The Bertz CT molecular complexity index is 535. The number of ether oxygens (including phenoxy) is 2. The van der Waals surface area contributed by atoms with Crippen LogP contribution in [0.25, 0.3) is 0 Å². The van der Waals surface area contributed by atoms with Crippen LogP contribution in [0.5, 0.6) is 0 Å². The molecule has 1 aromatic heterocycles. The molecule has 0 radical (unpaired) electrons. The van der Waals surface area contributed by atoms with Crippen molar-refractivity contribution in [2.45, 2.75) is 39.5 Å². The lowest BCUT2D eigenvalue weighted by molar-refractivity contribution is -0.140. The maximum atomic E-state index is 12.2. The highest BCUT2D eigenvalue weighted by Gasteiger charge is 2.55.